The number of aromatic nitrogens is 4. The highest BCUT2D eigenvalue weighted by Gasteiger charge is 2.47. The fourth-order valence-corrected chi connectivity index (χ4v) is 3.96. The van der Waals surface area contributed by atoms with E-state index in [1.165, 1.54) is 0 Å². The topological polar surface area (TPSA) is 129 Å². The summed E-state index contributed by atoms with van der Waals surface area (Å²) in [5.41, 5.74) is 1.01. The number of aliphatic hydroxyl groups is 1. The van der Waals surface area contributed by atoms with Gasteiger partial charge in [-0.3, -0.25) is 0 Å². The van der Waals surface area contributed by atoms with Crippen LogP contribution in [0.1, 0.15) is 12.8 Å². The van der Waals surface area contributed by atoms with Crippen LogP contribution in [0.5, 0.6) is 5.75 Å². The number of aliphatic carboxylic acids is 1. The van der Waals surface area contributed by atoms with E-state index in [4.69, 9.17) is 17.0 Å². The molecule has 1 atom stereocenters. The second-order valence-corrected chi connectivity index (χ2v) is 7.55. The Morgan fingerprint density at radius 3 is 2.81 bits per heavy atom. The maximum Gasteiger partial charge on any atom is 0.331 e. The van der Waals surface area contributed by atoms with E-state index >= 15 is 0 Å². The van der Waals surface area contributed by atoms with Gasteiger partial charge in [-0.2, -0.15) is 5.21 Å². The Hall–Kier alpha value is -3.44. The SMILES string of the molecule is O=C(O)C1(CO)CCCN1c1cccc(OCNc2cccc(-n3[nH]nnc3=S)c2)c1. The molecule has 2 heterocycles. The van der Waals surface area contributed by atoms with Gasteiger partial charge in [-0.05, 0) is 55.4 Å². The van der Waals surface area contributed by atoms with Crippen LogP contribution in [-0.2, 0) is 4.79 Å². The molecule has 11 heteroatoms. The summed E-state index contributed by atoms with van der Waals surface area (Å²) in [7, 11) is 0. The molecule has 0 radical (unpaired) electrons. The van der Waals surface area contributed by atoms with Crippen LogP contribution in [0.4, 0.5) is 11.4 Å². The largest absolute Gasteiger partial charge is 0.479 e. The first-order valence-corrected chi connectivity index (χ1v) is 10.1. The van der Waals surface area contributed by atoms with Crippen molar-refractivity contribution in [1.82, 2.24) is 20.2 Å². The van der Waals surface area contributed by atoms with E-state index in [0.717, 1.165) is 11.4 Å². The first-order chi connectivity index (χ1) is 15.0. The first kappa shape index (κ1) is 20.8. The van der Waals surface area contributed by atoms with Gasteiger partial charge < -0.3 is 25.2 Å². The summed E-state index contributed by atoms with van der Waals surface area (Å²) in [6.07, 6.45) is 1.10. The van der Waals surface area contributed by atoms with Crippen LogP contribution in [0.15, 0.2) is 48.5 Å². The molecule has 1 aliphatic rings. The zero-order valence-corrected chi connectivity index (χ0v) is 17.4. The fourth-order valence-electron chi connectivity index (χ4n) is 3.77. The molecule has 1 saturated heterocycles. The molecule has 1 fully saturated rings. The number of aromatic amines is 1. The molecule has 0 bridgehead atoms. The molecule has 162 valence electrons. The lowest BCUT2D eigenvalue weighted by molar-refractivity contribution is -0.144. The van der Waals surface area contributed by atoms with Gasteiger partial charge in [0.1, 0.15) is 5.75 Å². The Labute approximate surface area is 183 Å². The van der Waals surface area contributed by atoms with E-state index in [1.807, 2.05) is 30.3 Å². The maximum absolute atomic E-state index is 11.8. The Morgan fingerprint density at radius 2 is 2.06 bits per heavy atom. The first-order valence-electron chi connectivity index (χ1n) is 9.73. The minimum atomic E-state index is -1.29. The highest BCUT2D eigenvalue weighted by molar-refractivity contribution is 7.71. The average molecular weight is 443 g/mol. The van der Waals surface area contributed by atoms with Gasteiger partial charge >= 0.3 is 5.97 Å². The highest BCUT2D eigenvalue weighted by atomic mass is 32.1. The Morgan fingerprint density at radius 1 is 1.26 bits per heavy atom. The fraction of sp³-hybridized carbons (Fsp3) is 0.300. The third-order valence-electron chi connectivity index (χ3n) is 5.37. The lowest BCUT2D eigenvalue weighted by Gasteiger charge is -2.35. The molecule has 4 rings (SSSR count). The second-order valence-electron chi connectivity index (χ2n) is 7.18. The van der Waals surface area contributed by atoms with Gasteiger partial charge in [0.25, 0.3) is 0 Å². The van der Waals surface area contributed by atoms with E-state index in [-0.39, 0.29) is 6.73 Å². The van der Waals surface area contributed by atoms with E-state index in [2.05, 4.69) is 20.8 Å². The number of nitrogens with zero attached hydrogens (tertiary/aromatic N) is 4. The number of ether oxygens (including phenoxy) is 1. The minimum absolute atomic E-state index is 0.198. The van der Waals surface area contributed by atoms with Crippen LogP contribution in [-0.4, -0.2) is 61.8 Å². The van der Waals surface area contributed by atoms with Gasteiger partial charge in [0.2, 0.25) is 4.77 Å². The summed E-state index contributed by atoms with van der Waals surface area (Å²) >= 11 is 5.12. The Kier molecular flexibility index (Phi) is 5.87. The number of H-pyrrole nitrogens is 1. The van der Waals surface area contributed by atoms with Gasteiger partial charge in [-0.25, -0.2) is 9.48 Å². The summed E-state index contributed by atoms with van der Waals surface area (Å²) in [4.78, 5) is 13.6. The minimum Gasteiger partial charge on any atom is -0.479 e. The van der Waals surface area contributed by atoms with Crippen LogP contribution in [0.3, 0.4) is 0 Å². The van der Waals surface area contributed by atoms with Crippen LogP contribution in [0.25, 0.3) is 5.69 Å². The number of nitrogens with one attached hydrogen (secondary N) is 2. The van der Waals surface area contributed by atoms with E-state index in [9.17, 15) is 15.0 Å². The molecule has 1 aliphatic heterocycles. The smallest absolute Gasteiger partial charge is 0.331 e. The third-order valence-corrected chi connectivity index (χ3v) is 5.63. The van der Waals surface area contributed by atoms with Crippen molar-refractivity contribution in [3.63, 3.8) is 0 Å². The molecule has 1 aromatic heterocycles. The average Bonchev–Trinajstić information content (AvgIpc) is 3.41. The molecular formula is C20H22N6O4S. The van der Waals surface area contributed by atoms with Crippen molar-refractivity contribution >= 4 is 29.6 Å². The number of tetrazole rings is 1. The highest BCUT2D eigenvalue weighted by Crippen LogP contribution is 2.35. The zero-order valence-electron chi connectivity index (χ0n) is 16.6. The standard InChI is InChI=1S/C20H22N6O4S/c27-12-20(18(28)29)8-3-9-25(20)15-5-2-7-17(11-15)30-13-21-14-4-1-6-16(10-14)26-19(31)22-23-24-26/h1-2,4-7,10-11,21,27H,3,8-9,12-13H2,(H,28,29)(H,22,24,31). The second kappa shape index (κ2) is 8.74. The van der Waals surface area contributed by atoms with Crippen LogP contribution < -0.4 is 15.0 Å². The molecule has 0 amide bonds. The quantitative estimate of drug-likeness (QED) is 0.306. The number of anilines is 2. The molecule has 0 spiro atoms. The third kappa shape index (κ3) is 4.09. The van der Waals surface area contributed by atoms with E-state index < -0.39 is 18.1 Å². The lowest BCUT2D eigenvalue weighted by atomic mass is 9.97. The van der Waals surface area contributed by atoms with Crippen LogP contribution >= 0.6 is 12.2 Å². The summed E-state index contributed by atoms with van der Waals surface area (Å²) < 4.78 is 7.73. The number of benzene rings is 2. The van der Waals surface area contributed by atoms with E-state index in [0.29, 0.717) is 35.6 Å². The number of hydrogen-bond acceptors (Lipinski definition) is 8. The molecule has 4 N–H and O–H groups in total. The van der Waals surface area contributed by atoms with Crippen molar-refractivity contribution < 1.29 is 19.7 Å². The maximum atomic E-state index is 11.8. The van der Waals surface area contributed by atoms with Gasteiger partial charge in [0.15, 0.2) is 12.3 Å². The van der Waals surface area contributed by atoms with Gasteiger partial charge in [0, 0.05) is 24.0 Å². The molecule has 3 aromatic rings. The van der Waals surface area contributed by atoms with E-state index in [1.54, 1.807) is 27.8 Å². The molecule has 0 saturated carbocycles. The van der Waals surface area contributed by atoms with Crippen molar-refractivity contribution in [2.45, 2.75) is 18.4 Å². The van der Waals surface area contributed by atoms with Crippen LogP contribution in [0, 0.1) is 4.77 Å². The number of rotatable bonds is 8. The zero-order chi connectivity index (χ0) is 21.8. The Bertz CT molecular complexity index is 1130. The lowest BCUT2D eigenvalue weighted by Crippen LogP contribution is -2.53. The molecular weight excluding hydrogens is 420 g/mol. The van der Waals surface area contributed by atoms with Crippen molar-refractivity contribution in [1.29, 1.82) is 0 Å². The molecule has 31 heavy (non-hydrogen) atoms. The van der Waals surface area contributed by atoms with Crippen molar-refractivity contribution in [3.05, 3.63) is 53.3 Å². The van der Waals surface area contributed by atoms with Gasteiger partial charge in [-0.1, -0.05) is 22.4 Å². The molecule has 2 aromatic carbocycles. The van der Waals surface area contributed by atoms with Crippen molar-refractivity contribution in [2.75, 3.05) is 30.1 Å². The monoisotopic (exact) mass is 442 g/mol. The van der Waals surface area contributed by atoms with Gasteiger partial charge in [0.05, 0.1) is 12.3 Å². The summed E-state index contributed by atoms with van der Waals surface area (Å²) in [6.45, 7) is 0.317. The summed E-state index contributed by atoms with van der Waals surface area (Å²) in [6, 6.07) is 14.7. The number of carboxylic acids is 1. The predicted molar refractivity (Wildman–Crippen MR) is 116 cm³/mol. The number of aliphatic hydroxyl groups excluding tert-OH is 1. The number of hydrogen-bond donors (Lipinski definition) is 4. The summed E-state index contributed by atoms with van der Waals surface area (Å²) in [5, 5.41) is 32.8. The van der Waals surface area contributed by atoms with Crippen molar-refractivity contribution in [3.8, 4) is 11.4 Å². The van der Waals surface area contributed by atoms with Crippen LogP contribution in [0.2, 0.25) is 0 Å². The predicted octanol–water partition coefficient (Wildman–Crippen LogP) is 2.19. The van der Waals surface area contributed by atoms with Gasteiger partial charge in [-0.15, -0.1) is 0 Å². The summed E-state index contributed by atoms with van der Waals surface area (Å²) in [5.74, 6) is -0.432. The van der Waals surface area contributed by atoms with Crippen molar-refractivity contribution in [2.24, 2.45) is 0 Å². The molecule has 0 aliphatic carbocycles. The normalized spacial score (nSPS) is 18.2. The number of carboxylic acid groups (broad SMARTS) is 1. The molecule has 1 unspecified atom stereocenters. The molecule has 10 nitrogen and oxygen atoms in total. The number of carbonyl (C=O) groups is 1. The Balaban J connectivity index is 1.43.